The van der Waals surface area contributed by atoms with Gasteiger partial charge in [-0.3, -0.25) is 4.90 Å². The average molecular weight is 398 g/mol. The van der Waals surface area contributed by atoms with E-state index < -0.39 is 6.10 Å². The van der Waals surface area contributed by atoms with Crippen LogP contribution in [0.4, 0.5) is 0 Å². The zero-order valence-corrected chi connectivity index (χ0v) is 17.8. The van der Waals surface area contributed by atoms with E-state index in [1.54, 1.807) is 14.0 Å². The summed E-state index contributed by atoms with van der Waals surface area (Å²) < 4.78 is 17.5. The molecule has 0 spiro atoms. The molecule has 5 nitrogen and oxygen atoms in total. The maximum atomic E-state index is 9.54. The fourth-order valence-corrected chi connectivity index (χ4v) is 4.52. The van der Waals surface area contributed by atoms with E-state index in [4.69, 9.17) is 25.8 Å². The van der Waals surface area contributed by atoms with Crippen LogP contribution in [0.3, 0.4) is 0 Å². The Balaban J connectivity index is 1.84. The molecule has 2 heterocycles. The zero-order chi connectivity index (χ0) is 19.8. The third-order valence-corrected chi connectivity index (χ3v) is 5.58. The number of aliphatic hydroxyl groups excluding tert-OH is 1. The number of halogens is 1. The van der Waals surface area contributed by atoms with Gasteiger partial charge in [-0.15, -0.1) is 0 Å². The Hall–Kier alpha value is -1.01. The molecule has 0 aliphatic carbocycles. The monoisotopic (exact) mass is 397 g/mol. The summed E-state index contributed by atoms with van der Waals surface area (Å²) in [5.41, 5.74) is 2.27. The molecule has 2 aliphatic rings. The lowest BCUT2D eigenvalue weighted by atomic mass is 9.85. The summed E-state index contributed by atoms with van der Waals surface area (Å²) in [6, 6.07) is 2.41. The number of hydrogen-bond acceptors (Lipinski definition) is 5. The number of fused-ring (bicyclic) bond motifs is 3. The molecule has 1 fully saturated rings. The molecule has 0 bridgehead atoms. The lowest BCUT2D eigenvalue weighted by molar-refractivity contribution is -0.0971. The van der Waals surface area contributed by atoms with E-state index in [0.29, 0.717) is 22.6 Å². The van der Waals surface area contributed by atoms with Gasteiger partial charge >= 0.3 is 0 Å². The van der Waals surface area contributed by atoms with Crippen LogP contribution in [0.25, 0.3) is 0 Å². The highest BCUT2D eigenvalue weighted by Gasteiger charge is 2.37. The van der Waals surface area contributed by atoms with Gasteiger partial charge in [0, 0.05) is 19.1 Å². The Bertz CT molecular complexity index is 671. The lowest BCUT2D eigenvalue weighted by Gasteiger charge is -2.45. The molecule has 6 heteroatoms. The van der Waals surface area contributed by atoms with Gasteiger partial charge in [-0.25, -0.2) is 0 Å². The highest BCUT2D eigenvalue weighted by Crippen LogP contribution is 2.47. The van der Waals surface area contributed by atoms with E-state index in [1.807, 2.05) is 0 Å². The number of methoxy groups -OCH3 is 1. The summed E-state index contributed by atoms with van der Waals surface area (Å²) in [5, 5.41) is 10.2. The van der Waals surface area contributed by atoms with Crippen LogP contribution in [0.15, 0.2) is 6.07 Å². The summed E-state index contributed by atoms with van der Waals surface area (Å²) in [4.78, 5) is 2.51. The first-order valence-electron chi connectivity index (χ1n) is 9.81. The predicted octanol–water partition coefficient (Wildman–Crippen LogP) is 3.98. The number of aliphatic hydroxyl groups is 1. The minimum atomic E-state index is -0.560. The van der Waals surface area contributed by atoms with Gasteiger partial charge in [-0.2, -0.15) is 0 Å². The molecule has 1 aromatic carbocycles. The maximum Gasteiger partial charge on any atom is 0.180 e. The van der Waals surface area contributed by atoms with Crippen LogP contribution in [0.2, 0.25) is 5.02 Å². The topological polar surface area (TPSA) is 51.2 Å². The Morgan fingerprint density at radius 3 is 2.70 bits per heavy atom. The van der Waals surface area contributed by atoms with Crippen LogP contribution in [0.5, 0.6) is 11.5 Å². The van der Waals surface area contributed by atoms with Crippen molar-refractivity contribution in [1.82, 2.24) is 4.90 Å². The number of piperidine rings is 1. The molecular weight excluding hydrogens is 366 g/mol. The smallest absolute Gasteiger partial charge is 0.180 e. The molecular formula is C21H32ClNO4. The highest BCUT2D eigenvalue weighted by atomic mass is 35.5. The van der Waals surface area contributed by atoms with E-state index in [9.17, 15) is 5.11 Å². The first-order valence-corrected chi connectivity index (χ1v) is 10.2. The standard InChI is InChI=1S/C21H32ClNO4/c1-13(24)12-26-20-18(25-5)10-16-15(19(20)22)8-9-23-11-14(6-7-17(16)23)27-21(2,3)4/h10,13-14,17,24H,6-9,11-12H2,1-5H3. The lowest BCUT2D eigenvalue weighted by Crippen LogP contribution is -2.47. The van der Waals surface area contributed by atoms with Crippen LogP contribution in [0.1, 0.15) is 57.7 Å². The molecule has 0 radical (unpaired) electrons. The summed E-state index contributed by atoms with van der Waals surface area (Å²) in [7, 11) is 1.63. The van der Waals surface area contributed by atoms with Crippen molar-refractivity contribution >= 4 is 11.6 Å². The molecule has 3 rings (SSSR count). The Morgan fingerprint density at radius 2 is 2.07 bits per heavy atom. The molecule has 0 amide bonds. The van der Waals surface area contributed by atoms with Crippen LogP contribution >= 0.6 is 11.6 Å². The molecule has 2 aliphatic heterocycles. The largest absolute Gasteiger partial charge is 0.493 e. The van der Waals surface area contributed by atoms with E-state index in [2.05, 4.69) is 31.7 Å². The molecule has 1 saturated heterocycles. The summed E-state index contributed by atoms with van der Waals surface area (Å²) in [6.07, 6.45) is 2.67. The second-order valence-electron chi connectivity index (χ2n) is 8.64. The fourth-order valence-electron chi connectivity index (χ4n) is 4.16. The first-order chi connectivity index (χ1) is 12.7. The van der Waals surface area contributed by atoms with Crippen molar-refractivity contribution < 1.29 is 19.3 Å². The summed E-state index contributed by atoms with van der Waals surface area (Å²) >= 11 is 6.71. The minimum Gasteiger partial charge on any atom is -0.493 e. The van der Waals surface area contributed by atoms with Gasteiger partial charge in [0.2, 0.25) is 0 Å². The Kier molecular flexibility index (Phi) is 6.26. The van der Waals surface area contributed by atoms with Crippen molar-refractivity contribution in [3.05, 3.63) is 22.2 Å². The van der Waals surface area contributed by atoms with E-state index in [0.717, 1.165) is 37.9 Å². The van der Waals surface area contributed by atoms with Crippen LogP contribution in [-0.2, 0) is 11.2 Å². The number of hydrogen-bond donors (Lipinski definition) is 1. The van der Waals surface area contributed by atoms with Gasteiger partial charge in [0.15, 0.2) is 11.5 Å². The number of benzene rings is 1. The SMILES string of the molecule is COc1cc2c(c(Cl)c1OCC(C)O)CCN1CC(OC(C)(C)C)CCC21. The molecule has 0 aromatic heterocycles. The van der Waals surface area contributed by atoms with Crippen LogP contribution < -0.4 is 9.47 Å². The molecule has 152 valence electrons. The van der Waals surface area contributed by atoms with Gasteiger partial charge in [-0.05, 0) is 64.2 Å². The normalized spacial score (nSPS) is 24.1. The molecule has 3 unspecified atom stereocenters. The van der Waals surface area contributed by atoms with Crippen LogP contribution in [-0.4, -0.2) is 54.6 Å². The molecule has 0 saturated carbocycles. The van der Waals surface area contributed by atoms with Gasteiger partial charge in [0.25, 0.3) is 0 Å². The van der Waals surface area contributed by atoms with E-state index >= 15 is 0 Å². The fraction of sp³-hybridized carbons (Fsp3) is 0.714. The van der Waals surface area contributed by atoms with E-state index in [-0.39, 0.29) is 18.3 Å². The Morgan fingerprint density at radius 1 is 1.33 bits per heavy atom. The highest BCUT2D eigenvalue weighted by molar-refractivity contribution is 6.33. The number of ether oxygens (including phenoxy) is 3. The predicted molar refractivity (Wildman–Crippen MR) is 107 cm³/mol. The van der Waals surface area contributed by atoms with Gasteiger partial charge < -0.3 is 19.3 Å². The summed E-state index contributed by atoms with van der Waals surface area (Å²) in [6.45, 7) is 10.1. The van der Waals surface area contributed by atoms with Crippen molar-refractivity contribution in [2.45, 2.75) is 70.8 Å². The maximum absolute atomic E-state index is 9.54. The zero-order valence-electron chi connectivity index (χ0n) is 17.0. The Labute approximate surface area is 167 Å². The molecule has 27 heavy (non-hydrogen) atoms. The van der Waals surface area contributed by atoms with Crippen molar-refractivity contribution in [3.63, 3.8) is 0 Å². The third-order valence-electron chi connectivity index (χ3n) is 5.18. The quantitative estimate of drug-likeness (QED) is 0.814. The third kappa shape index (κ3) is 4.70. The van der Waals surface area contributed by atoms with Crippen molar-refractivity contribution in [3.8, 4) is 11.5 Å². The molecule has 3 atom stereocenters. The first kappa shape index (κ1) is 20.7. The van der Waals surface area contributed by atoms with Crippen LogP contribution in [0, 0.1) is 0 Å². The summed E-state index contributed by atoms with van der Waals surface area (Å²) in [5.74, 6) is 1.17. The van der Waals surface area contributed by atoms with E-state index in [1.165, 1.54) is 5.56 Å². The average Bonchev–Trinajstić information content (AvgIpc) is 2.58. The minimum absolute atomic E-state index is 0.117. The second kappa shape index (κ2) is 8.16. The van der Waals surface area contributed by atoms with Gasteiger partial charge in [0.05, 0.1) is 29.9 Å². The van der Waals surface area contributed by atoms with Gasteiger partial charge in [0.1, 0.15) is 6.61 Å². The van der Waals surface area contributed by atoms with Crippen molar-refractivity contribution in [1.29, 1.82) is 0 Å². The van der Waals surface area contributed by atoms with Crippen molar-refractivity contribution in [2.24, 2.45) is 0 Å². The van der Waals surface area contributed by atoms with Gasteiger partial charge in [-0.1, -0.05) is 11.6 Å². The second-order valence-corrected chi connectivity index (χ2v) is 9.02. The molecule has 1 aromatic rings. The number of nitrogens with zero attached hydrogens (tertiary/aromatic N) is 1. The molecule has 1 N–H and O–H groups in total. The number of rotatable bonds is 5. The van der Waals surface area contributed by atoms with Crippen molar-refractivity contribution in [2.75, 3.05) is 26.8 Å².